The maximum Gasteiger partial charge on any atom is 0.269 e. The third-order valence-corrected chi connectivity index (χ3v) is 6.11. The number of fused-ring (bicyclic) bond motifs is 2. The van der Waals surface area contributed by atoms with Gasteiger partial charge in [0.15, 0.2) is 11.5 Å². The fraction of sp³-hybridized carbons (Fsp3) is 0.136. The van der Waals surface area contributed by atoms with Gasteiger partial charge in [-0.05, 0) is 30.7 Å². The van der Waals surface area contributed by atoms with Gasteiger partial charge in [0.05, 0.1) is 33.6 Å². The Morgan fingerprint density at radius 1 is 1.15 bits per heavy atom. The van der Waals surface area contributed by atoms with Gasteiger partial charge in [0, 0.05) is 0 Å². The zero-order chi connectivity index (χ0) is 23.1. The van der Waals surface area contributed by atoms with E-state index in [2.05, 4.69) is 30.2 Å². The number of H-pyrrole nitrogens is 1. The van der Waals surface area contributed by atoms with E-state index in [1.807, 2.05) is 6.92 Å². The summed E-state index contributed by atoms with van der Waals surface area (Å²) in [5, 5.41) is 3.60. The Bertz CT molecular complexity index is 1570. The molecule has 0 saturated carbocycles. The first-order valence-corrected chi connectivity index (χ1v) is 10.8. The van der Waals surface area contributed by atoms with Gasteiger partial charge in [-0.1, -0.05) is 42.3 Å². The van der Waals surface area contributed by atoms with E-state index in [0.29, 0.717) is 34.9 Å². The van der Waals surface area contributed by atoms with Crippen molar-refractivity contribution < 1.29 is 4.39 Å². The number of hydrogen-bond acceptors (Lipinski definition) is 6. The van der Waals surface area contributed by atoms with Crippen LogP contribution >= 0.6 is 23.2 Å². The van der Waals surface area contributed by atoms with Crippen LogP contribution in [0.3, 0.4) is 0 Å². The molecule has 166 valence electrons. The summed E-state index contributed by atoms with van der Waals surface area (Å²) < 4.78 is 16.0. The molecule has 0 bridgehead atoms. The van der Waals surface area contributed by atoms with Crippen LogP contribution in [0.2, 0.25) is 10.0 Å². The van der Waals surface area contributed by atoms with Crippen molar-refractivity contribution in [1.29, 1.82) is 0 Å². The molecule has 0 fully saturated rings. The standard InChI is InChI=1S/C22H16Cl2FN7O/c1-2-13(30-20-18-19(27-9-26-18)28-10-29-20)21-31-14-7-4-6-12(25)16(14)22(33)32(21)15-8-3-5-11(23)17(15)24/h3-10,13H,2H2,1H3,(H2,26,27,28,29,30)/t13-/m1/s1. The number of benzene rings is 2. The molecular formula is C22H16Cl2FN7O. The molecule has 1 atom stereocenters. The molecule has 0 amide bonds. The molecule has 5 rings (SSSR count). The van der Waals surface area contributed by atoms with E-state index in [9.17, 15) is 9.18 Å². The highest BCUT2D eigenvalue weighted by Crippen LogP contribution is 2.32. The lowest BCUT2D eigenvalue weighted by atomic mass is 10.1. The number of rotatable bonds is 5. The lowest BCUT2D eigenvalue weighted by molar-refractivity contribution is 0.630. The summed E-state index contributed by atoms with van der Waals surface area (Å²) in [5.74, 6) is 0.150. The number of hydrogen-bond donors (Lipinski definition) is 2. The average Bonchev–Trinajstić information content (AvgIpc) is 3.29. The highest BCUT2D eigenvalue weighted by molar-refractivity contribution is 6.43. The molecule has 3 aromatic heterocycles. The first kappa shape index (κ1) is 21.3. The van der Waals surface area contributed by atoms with Gasteiger partial charge in [-0.2, -0.15) is 0 Å². The second kappa shape index (κ2) is 8.42. The maximum absolute atomic E-state index is 14.7. The van der Waals surface area contributed by atoms with Crippen molar-refractivity contribution >= 4 is 51.1 Å². The molecule has 2 aromatic carbocycles. The second-order valence-electron chi connectivity index (χ2n) is 7.25. The summed E-state index contributed by atoms with van der Waals surface area (Å²) in [7, 11) is 0. The van der Waals surface area contributed by atoms with E-state index in [-0.39, 0.29) is 20.9 Å². The van der Waals surface area contributed by atoms with Crippen LogP contribution in [0.25, 0.3) is 27.8 Å². The third-order valence-electron chi connectivity index (χ3n) is 5.30. The number of nitrogens with one attached hydrogen (secondary N) is 2. The van der Waals surface area contributed by atoms with Gasteiger partial charge in [0.25, 0.3) is 5.56 Å². The number of aromatic nitrogens is 6. The second-order valence-corrected chi connectivity index (χ2v) is 8.03. The molecule has 0 unspecified atom stereocenters. The van der Waals surface area contributed by atoms with E-state index < -0.39 is 17.4 Å². The largest absolute Gasteiger partial charge is 0.358 e. The van der Waals surface area contributed by atoms with Gasteiger partial charge in [-0.25, -0.2) is 24.3 Å². The van der Waals surface area contributed by atoms with Crippen molar-refractivity contribution in [2.45, 2.75) is 19.4 Å². The normalized spacial score (nSPS) is 12.4. The molecule has 0 saturated heterocycles. The van der Waals surface area contributed by atoms with Crippen molar-refractivity contribution in [3.63, 3.8) is 0 Å². The first-order chi connectivity index (χ1) is 16.0. The fourth-order valence-electron chi connectivity index (χ4n) is 3.73. The van der Waals surface area contributed by atoms with Gasteiger partial charge in [-0.3, -0.25) is 9.36 Å². The third kappa shape index (κ3) is 3.59. The Hall–Kier alpha value is -3.56. The Morgan fingerprint density at radius 2 is 1.97 bits per heavy atom. The minimum atomic E-state index is -0.667. The molecule has 33 heavy (non-hydrogen) atoms. The minimum Gasteiger partial charge on any atom is -0.358 e. The number of anilines is 1. The maximum atomic E-state index is 14.7. The summed E-state index contributed by atoms with van der Waals surface area (Å²) in [5.41, 5.74) is 1.05. The molecule has 5 aromatic rings. The van der Waals surface area contributed by atoms with Crippen molar-refractivity contribution in [2.24, 2.45) is 0 Å². The zero-order valence-electron chi connectivity index (χ0n) is 17.2. The number of halogens is 3. The molecule has 0 aliphatic carbocycles. The van der Waals surface area contributed by atoms with Gasteiger partial charge in [0.1, 0.15) is 28.9 Å². The Morgan fingerprint density at radius 3 is 2.79 bits per heavy atom. The highest BCUT2D eigenvalue weighted by atomic mass is 35.5. The molecule has 8 nitrogen and oxygen atoms in total. The Kier molecular flexibility index (Phi) is 5.43. The molecular weight excluding hydrogens is 468 g/mol. The van der Waals surface area contributed by atoms with Crippen LogP contribution in [0.15, 0.2) is 53.8 Å². The summed E-state index contributed by atoms with van der Waals surface area (Å²) in [6, 6.07) is 8.74. The fourth-order valence-corrected chi connectivity index (χ4v) is 4.11. The zero-order valence-corrected chi connectivity index (χ0v) is 18.7. The highest BCUT2D eigenvalue weighted by Gasteiger charge is 2.24. The van der Waals surface area contributed by atoms with Gasteiger partial charge < -0.3 is 10.3 Å². The summed E-state index contributed by atoms with van der Waals surface area (Å²) in [6.07, 6.45) is 3.43. The lowest BCUT2D eigenvalue weighted by Gasteiger charge is -2.23. The quantitative estimate of drug-likeness (QED) is 0.362. The van der Waals surface area contributed by atoms with E-state index >= 15 is 0 Å². The predicted octanol–water partition coefficient (Wildman–Crippen LogP) is 5.06. The summed E-state index contributed by atoms with van der Waals surface area (Å²) >= 11 is 12.7. The average molecular weight is 484 g/mol. The molecule has 0 radical (unpaired) electrons. The molecule has 0 spiro atoms. The van der Waals surface area contributed by atoms with Crippen molar-refractivity contribution in [1.82, 2.24) is 29.5 Å². The van der Waals surface area contributed by atoms with Gasteiger partial charge >= 0.3 is 0 Å². The molecule has 0 aliphatic rings. The number of imidazole rings is 1. The van der Waals surface area contributed by atoms with Crippen molar-refractivity contribution in [3.8, 4) is 5.69 Å². The molecule has 11 heteroatoms. The van der Waals surface area contributed by atoms with E-state index in [1.165, 1.54) is 29.4 Å². The summed E-state index contributed by atoms with van der Waals surface area (Å²) in [6.45, 7) is 1.93. The van der Waals surface area contributed by atoms with Gasteiger partial charge in [-0.15, -0.1) is 0 Å². The van der Waals surface area contributed by atoms with E-state index in [0.717, 1.165) is 0 Å². The molecule has 3 heterocycles. The minimum absolute atomic E-state index is 0.134. The van der Waals surface area contributed by atoms with Crippen LogP contribution in [-0.4, -0.2) is 29.5 Å². The van der Waals surface area contributed by atoms with Crippen molar-refractivity contribution in [2.75, 3.05) is 5.32 Å². The van der Waals surface area contributed by atoms with Gasteiger partial charge in [0.2, 0.25) is 0 Å². The van der Waals surface area contributed by atoms with Crippen LogP contribution in [0, 0.1) is 5.82 Å². The van der Waals surface area contributed by atoms with Crippen LogP contribution in [0.5, 0.6) is 0 Å². The van der Waals surface area contributed by atoms with Crippen LogP contribution < -0.4 is 10.9 Å². The Balaban J connectivity index is 1.78. The smallest absolute Gasteiger partial charge is 0.269 e. The van der Waals surface area contributed by atoms with Crippen LogP contribution in [0.1, 0.15) is 25.2 Å². The molecule has 2 N–H and O–H groups in total. The number of aromatic amines is 1. The monoisotopic (exact) mass is 483 g/mol. The Labute approximate surface area is 196 Å². The van der Waals surface area contributed by atoms with Crippen molar-refractivity contribution in [3.05, 3.63) is 81.1 Å². The topological polar surface area (TPSA) is 101 Å². The lowest BCUT2D eigenvalue weighted by Crippen LogP contribution is -2.29. The summed E-state index contributed by atoms with van der Waals surface area (Å²) in [4.78, 5) is 33.8. The van der Waals surface area contributed by atoms with E-state index in [1.54, 1.807) is 24.3 Å². The predicted molar refractivity (Wildman–Crippen MR) is 126 cm³/mol. The van der Waals surface area contributed by atoms with Crippen LogP contribution in [0.4, 0.5) is 10.2 Å². The SMILES string of the molecule is CC[C@@H](Nc1ncnc2nc[nH]c12)c1nc2cccc(F)c2c(=O)n1-c1cccc(Cl)c1Cl. The number of nitrogens with zero attached hydrogens (tertiary/aromatic N) is 5. The van der Waals surface area contributed by atoms with E-state index in [4.69, 9.17) is 23.2 Å². The first-order valence-electron chi connectivity index (χ1n) is 10.1. The molecule has 0 aliphatic heterocycles. The van der Waals surface area contributed by atoms with Crippen LogP contribution in [-0.2, 0) is 0 Å².